The number of ether oxygens (including phenoxy) is 2. The van der Waals surface area contributed by atoms with Gasteiger partial charge in [0.2, 0.25) is 0 Å². The number of terminal acetylenes is 1. The van der Waals surface area contributed by atoms with Crippen LogP contribution in [0.15, 0.2) is 23.5 Å². The molecule has 0 radical (unpaired) electrons. The van der Waals surface area contributed by atoms with E-state index in [4.69, 9.17) is 15.9 Å². The molecule has 6 atom stereocenters. The van der Waals surface area contributed by atoms with Crippen molar-refractivity contribution in [3.05, 3.63) is 23.5 Å². The summed E-state index contributed by atoms with van der Waals surface area (Å²) in [5.74, 6) is 4.79. The topological polar surface area (TPSA) is 52.6 Å². The van der Waals surface area contributed by atoms with E-state index in [-0.39, 0.29) is 22.8 Å². The molecule has 0 aliphatic heterocycles. The predicted molar refractivity (Wildman–Crippen MR) is 110 cm³/mol. The number of carbonyl (C=O) groups is 2. The Balaban J connectivity index is 1.66. The maximum atomic E-state index is 11.8. The second kappa shape index (κ2) is 6.76. The number of rotatable bonds is 2. The molecule has 4 heteroatoms. The monoisotopic (exact) mass is 396 g/mol. The maximum absolute atomic E-state index is 11.8. The standard InChI is InChI=1S/C25H32O4/c1-6-25(29-17(3)27)14-11-22-20-8-7-18-15-19(28-16(2)26)9-12-23(18,4)21(20)10-13-24(22,25)5/h1,7,15,20-22H,8-14H2,2-5H3/t20-,21+,22+,23+,24+,25+/m1/s1. The van der Waals surface area contributed by atoms with Crippen molar-refractivity contribution in [1.29, 1.82) is 0 Å². The van der Waals surface area contributed by atoms with E-state index in [0.717, 1.165) is 50.7 Å². The van der Waals surface area contributed by atoms with Gasteiger partial charge in [0.1, 0.15) is 5.76 Å². The van der Waals surface area contributed by atoms with Gasteiger partial charge >= 0.3 is 11.9 Å². The van der Waals surface area contributed by atoms with Gasteiger partial charge in [-0.2, -0.15) is 0 Å². The van der Waals surface area contributed by atoms with Gasteiger partial charge in [-0.1, -0.05) is 25.8 Å². The Labute approximate surface area is 174 Å². The summed E-state index contributed by atoms with van der Waals surface area (Å²) >= 11 is 0. The lowest BCUT2D eigenvalue weighted by molar-refractivity contribution is -0.168. The van der Waals surface area contributed by atoms with Crippen molar-refractivity contribution in [2.24, 2.45) is 28.6 Å². The molecular formula is C25H32O4. The van der Waals surface area contributed by atoms with Crippen molar-refractivity contribution in [3.63, 3.8) is 0 Å². The summed E-state index contributed by atoms with van der Waals surface area (Å²) in [5.41, 5.74) is 0.500. The molecule has 4 nitrogen and oxygen atoms in total. The molecular weight excluding hydrogens is 364 g/mol. The van der Waals surface area contributed by atoms with Crippen molar-refractivity contribution < 1.29 is 19.1 Å². The lowest BCUT2D eigenvalue weighted by atomic mass is 9.47. The van der Waals surface area contributed by atoms with E-state index >= 15 is 0 Å². The van der Waals surface area contributed by atoms with Crippen LogP contribution in [0.3, 0.4) is 0 Å². The Bertz CT molecular complexity index is 845. The van der Waals surface area contributed by atoms with Gasteiger partial charge in [0, 0.05) is 25.7 Å². The number of carbonyl (C=O) groups excluding carboxylic acids is 2. The fourth-order valence-corrected chi connectivity index (χ4v) is 7.24. The van der Waals surface area contributed by atoms with Crippen molar-refractivity contribution in [2.75, 3.05) is 0 Å². The van der Waals surface area contributed by atoms with E-state index in [1.165, 1.54) is 19.4 Å². The summed E-state index contributed by atoms with van der Waals surface area (Å²) in [6, 6.07) is 0. The Morgan fingerprint density at radius 1 is 1.10 bits per heavy atom. The lowest BCUT2D eigenvalue weighted by Crippen LogP contribution is -2.55. The normalized spacial score (nSPS) is 42.9. The molecule has 0 spiro atoms. The van der Waals surface area contributed by atoms with Crippen LogP contribution < -0.4 is 0 Å². The van der Waals surface area contributed by atoms with Gasteiger partial charge in [-0.05, 0) is 73.3 Å². The highest BCUT2D eigenvalue weighted by molar-refractivity contribution is 5.68. The summed E-state index contributed by atoms with van der Waals surface area (Å²) < 4.78 is 11.2. The summed E-state index contributed by atoms with van der Waals surface area (Å²) in [5, 5.41) is 0. The van der Waals surface area contributed by atoms with Gasteiger partial charge in [0.25, 0.3) is 0 Å². The first kappa shape index (κ1) is 20.3. The van der Waals surface area contributed by atoms with Gasteiger partial charge in [-0.25, -0.2) is 0 Å². The lowest BCUT2D eigenvalue weighted by Gasteiger charge is -2.57. The molecule has 4 aliphatic rings. The zero-order chi connectivity index (χ0) is 21.0. The van der Waals surface area contributed by atoms with Crippen molar-refractivity contribution in [1.82, 2.24) is 0 Å². The molecule has 0 heterocycles. The van der Waals surface area contributed by atoms with Gasteiger partial charge in [0.05, 0.1) is 0 Å². The fraction of sp³-hybridized carbons (Fsp3) is 0.680. The van der Waals surface area contributed by atoms with Crippen LogP contribution in [0, 0.1) is 40.9 Å². The number of hydrogen-bond donors (Lipinski definition) is 0. The minimum Gasteiger partial charge on any atom is -0.445 e. The molecule has 0 N–H and O–H groups in total. The van der Waals surface area contributed by atoms with E-state index < -0.39 is 5.60 Å². The molecule has 0 bridgehead atoms. The summed E-state index contributed by atoms with van der Waals surface area (Å²) in [6.45, 7) is 7.57. The number of hydrogen-bond acceptors (Lipinski definition) is 4. The highest BCUT2D eigenvalue weighted by atomic mass is 16.6. The average molecular weight is 397 g/mol. The Morgan fingerprint density at radius 3 is 2.48 bits per heavy atom. The quantitative estimate of drug-likeness (QED) is 0.490. The van der Waals surface area contributed by atoms with Crippen LogP contribution >= 0.6 is 0 Å². The van der Waals surface area contributed by atoms with E-state index in [0.29, 0.717) is 17.8 Å². The molecule has 0 aromatic rings. The molecule has 0 aromatic heterocycles. The van der Waals surface area contributed by atoms with Crippen LogP contribution in [0.25, 0.3) is 0 Å². The first-order chi connectivity index (χ1) is 13.6. The second-order valence-electron chi connectivity index (χ2n) is 9.95. The third-order valence-corrected chi connectivity index (χ3v) is 8.68. The first-order valence-electron chi connectivity index (χ1n) is 10.9. The third kappa shape index (κ3) is 2.88. The zero-order valence-electron chi connectivity index (χ0n) is 18.0. The number of esters is 2. The minimum atomic E-state index is -0.770. The van der Waals surface area contributed by atoms with Gasteiger partial charge < -0.3 is 9.47 Å². The van der Waals surface area contributed by atoms with Crippen LogP contribution in [-0.2, 0) is 19.1 Å². The van der Waals surface area contributed by atoms with Crippen LogP contribution in [0.2, 0.25) is 0 Å². The third-order valence-electron chi connectivity index (χ3n) is 8.68. The van der Waals surface area contributed by atoms with Crippen molar-refractivity contribution in [2.45, 2.75) is 78.2 Å². The number of fused-ring (bicyclic) bond motifs is 5. The molecule has 29 heavy (non-hydrogen) atoms. The van der Waals surface area contributed by atoms with Gasteiger partial charge in [0.15, 0.2) is 5.60 Å². The van der Waals surface area contributed by atoms with Gasteiger partial charge in [-0.3, -0.25) is 9.59 Å². The molecule has 4 aliphatic carbocycles. The summed E-state index contributed by atoms with van der Waals surface area (Å²) in [7, 11) is 0. The van der Waals surface area contributed by atoms with Gasteiger partial charge in [-0.15, -0.1) is 6.42 Å². The Kier molecular flexibility index (Phi) is 4.72. The minimum absolute atomic E-state index is 0.108. The molecule has 0 unspecified atom stereocenters. The molecule has 0 amide bonds. The summed E-state index contributed by atoms with van der Waals surface area (Å²) in [6.07, 6.45) is 17.1. The van der Waals surface area contributed by atoms with Crippen LogP contribution in [-0.4, -0.2) is 17.5 Å². The Hall–Kier alpha value is -2.02. The second-order valence-corrected chi connectivity index (χ2v) is 9.95. The van der Waals surface area contributed by atoms with E-state index in [2.05, 4.69) is 31.9 Å². The van der Waals surface area contributed by atoms with Crippen molar-refractivity contribution >= 4 is 11.9 Å². The number of allylic oxidation sites excluding steroid dienone is 4. The smallest absolute Gasteiger partial charge is 0.307 e. The van der Waals surface area contributed by atoms with E-state index in [9.17, 15) is 9.59 Å². The van der Waals surface area contributed by atoms with Crippen molar-refractivity contribution in [3.8, 4) is 12.3 Å². The first-order valence-corrected chi connectivity index (χ1v) is 10.9. The van der Waals surface area contributed by atoms with Crippen LogP contribution in [0.1, 0.15) is 72.6 Å². The molecule has 156 valence electrons. The SMILES string of the molecule is C#C[C@]1(OC(C)=O)CC[C@H]2[C@@H]3CC=C4C=C(OC(C)=O)CC[C@]4(C)[C@H]3CC[C@@]21C. The maximum Gasteiger partial charge on any atom is 0.307 e. The highest BCUT2D eigenvalue weighted by Gasteiger charge is 2.65. The molecule has 0 aromatic carbocycles. The van der Waals surface area contributed by atoms with Crippen LogP contribution in [0.5, 0.6) is 0 Å². The molecule has 0 saturated heterocycles. The highest BCUT2D eigenvalue weighted by Crippen LogP contribution is 2.67. The van der Waals surface area contributed by atoms with Crippen LogP contribution in [0.4, 0.5) is 0 Å². The zero-order valence-corrected chi connectivity index (χ0v) is 18.0. The Morgan fingerprint density at radius 2 is 1.83 bits per heavy atom. The van der Waals surface area contributed by atoms with E-state index in [1.54, 1.807) is 0 Å². The van der Waals surface area contributed by atoms with E-state index in [1.807, 2.05) is 0 Å². The average Bonchev–Trinajstić information content (AvgIpc) is 2.94. The predicted octanol–water partition coefficient (Wildman–Crippen LogP) is 4.94. The molecule has 2 fully saturated rings. The molecule has 2 saturated carbocycles. The fourth-order valence-electron chi connectivity index (χ4n) is 7.24. The largest absolute Gasteiger partial charge is 0.445 e. The summed E-state index contributed by atoms with van der Waals surface area (Å²) in [4.78, 5) is 23.2. The molecule has 4 rings (SSSR count).